The maximum atomic E-state index is 12.1. The van der Waals surface area contributed by atoms with E-state index >= 15 is 0 Å². The van der Waals surface area contributed by atoms with Crippen LogP contribution >= 0.6 is 0 Å². The fourth-order valence-electron chi connectivity index (χ4n) is 4.51. The number of rotatable bonds is 13. The van der Waals surface area contributed by atoms with Crippen molar-refractivity contribution in [1.82, 2.24) is 0 Å². The van der Waals surface area contributed by atoms with Crippen LogP contribution in [0.25, 0.3) is 0 Å². The van der Waals surface area contributed by atoms with E-state index in [1.165, 1.54) is 24.6 Å². The lowest BCUT2D eigenvalue weighted by molar-refractivity contribution is -0.118. The van der Waals surface area contributed by atoms with Crippen molar-refractivity contribution in [3.63, 3.8) is 0 Å². The lowest BCUT2D eigenvalue weighted by Gasteiger charge is -2.11. The van der Waals surface area contributed by atoms with Crippen LogP contribution in [0, 0.1) is 23.7 Å². The number of hydrogen-bond acceptors (Lipinski definition) is 6. The van der Waals surface area contributed by atoms with Crippen LogP contribution in [0.15, 0.2) is 72.8 Å². The van der Waals surface area contributed by atoms with E-state index in [-0.39, 0.29) is 17.5 Å². The first-order chi connectivity index (χ1) is 21.6. The molecule has 0 amide bonds. The Balaban J connectivity index is 0.000000326. The minimum absolute atomic E-state index is 0.0544. The first-order valence-corrected chi connectivity index (χ1v) is 16.4. The van der Waals surface area contributed by atoms with Crippen LogP contribution in [0.5, 0.6) is 11.5 Å². The van der Waals surface area contributed by atoms with Gasteiger partial charge < -0.3 is 18.5 Å². The summed E-state index contributed by atoms with van der Waals surface area (Å²) in [5, 5.41) is 0. The Bertz CT molecular complexity index is 1570. The van der Waals surface area contributed by atoms with Gasteiger partial charge in [-0.1, -0.05) is 56.9 Å². The van der Waals surface area contributed by atoms with E-state index in [9.17, 15) is 31.2 Å². The van der Waals surface area contributed by atoms with Gasteiger partial charge in [-0.2, -0.15) is 21.6 Å². The molecule has 248 valence electrons. The SMILES string of the molecule is CC(=O)CC(C)Cc1ccc(OS(=O)(=O)C(F)(F)F)cc1.CCCOc1ccc(C#Cc2ccc(CC(C)CC(C)=O)cc2)cc1. The second-order valence-corrected chi connectivity index (χ2v) is 12.9. The predicted molar refractivity (Wildman–Crippen MR) is 173 cm³/mol. The van der Waals surface area contributed by atoms with Crippen molar-refractivity contribution in [2.75, 3.05) is 6.61 Å². The maximum absolute atomic E-state index is 12.1. The highest BCUT2D eigenvalue weighted by atomic mass is 32.2. The Hall–Kier alpha value is -4.10. The molecule has 0 aliphatic carbocycles. The summed E-state index contributed by atoms with van der Waals surface area (Å²) >= 11 is 0. The number of halogens is 3. The summed E-state index contributed by atoms with van der Waals surface area (Å²) in [4.78, 5) is 22.1. The van der Waals surface area contributed by atoms with Crippen molar-refractivity contribution in [2.45, 2.75) is 72.2 Å². The molecule has 0 saturated carbocycles. The van der Waals surface area contributed by atoms with Crippen LogP contribution in [0.4, 0.5) is 13.2 Å². The predicted octanol–water partition coefficient (Wildman–Crippen LogP) is 8.11. The van der Waals surface area contributed by atoms with E-state index in [4.69, 9.17) is 4.74 Å². The van der Waals surface area contributed by atoms with Crippen LogP contribution in [0.3, 0.4) is 0 Å². The Morgan fingerprint density at radius 2 is 1.11 bits per heavy atom. The molecule has 0 saturated heterocycles. The van der Waals surface area contributed by atoms with E-state index in [2.05, 4.69) is 42.0 Å². The number of Topliss-reactive ketones (excluding diaryl/α,β-unsaturated/α-hetero) is 2. The molecule has 0 radical (unpaired) electrons. The summed E-state index contributed by atoms with van der Waals surface area (Å²) in [6, 6.07) is 21.4. The summed E-state index contributed by atoms with van der Waals surface area (Å²) in [5.41, 5.74) is -1.46. The van der Waals surface area contributed by atoms with Crippen LogP contribution < -0.4 is 8.92 Å². The summed E-state index contributed by atoms with van der Waals surface area (Å²) in [7, 11) is -5.65. The molecule has 3 aromatic carbocycles. The molecule has 0 bridgehead atoms. The Morgan fingerprint density at radius 3 is 1.50 bits per heavy atom. The molecular weight excluding hydrogens is 617 g/mol. The average Bonchev–Trinajstić information content (AvgIpc) is 2.96. The van der Waals surface area contributed by atoms with Gasteiger partial charge in [0.1, 0.15) is 23.1 Å². The van der Waals surface area contributed by atoms with Gasteiger partial charge in [-0.15, -0.1) is 0 Å². The average molecular weight is 659 g/mol. The van der Waals surface area contributed by atoms with Crippen molar-refractivity contribution in [2.24, 2.45) is 11.8 Å². The molecule has 0 aromatic heterocycles. The molecular formula is C36H41F3O6S. The highest BCUT2D eigenvalue weighted by molar-refractivity contribution is 7.88. The third-order valence-electron chi connectivity index (χ3n) is 6.49. The molecule has 10 heteroatoms. The normalized spacial score (nSPS) is 12.4. The molecule has 0 fully saturated rings. The lowest BCUT2D eigenvalue weighted by Crippen LogP contribution is -2.28. The topological polar surface area (TPSA) is 86.7 Å². The van der Waals surface area contributed by atoms with Gasteiger partial charge in [-0.05, 0) is 105 Å². The molecule has 2 unspecified atom stereocenters. The zero-order valence-corrected chi connectivity index (χ0v) is 27.6. The van der Waals surface area contributed by atoms with Crippen LogP contribution in [-0.4, -0.2) is 32.1 Å². The number of hydrogen-bond donors (Lipinski definition) is 0. The lowest BCUT2D eigenvalue weighted by atomic mass is 9.96. The second kappa shape index (κ2) is 18.1. The van der Waals surface area contributed by atoms with Gasteiger partial charge >= 0.3 is 15.6 Å². The monoisotopic (exact) mass is 658 g/mol. The fraction of sp³-hybridized carbons (Fsp3) is 0.389. The van der Waals surface area contributed by atoms with Crippen molar-refractivity contribution < 1.29 is 40.1 Å². The van der Waals surface area contributed by atoms with E-state index in [1.54, 1.807) is 6.92 Å². The van der Waals surface area contributed by atoms with Crippen molar-refractivity contribution in [3.05, 3.63) is 95.1 Å². The molecule has 3 aromatic rings. The molecule has 0 spiro atoms. The van der Waals surface area contributed by atoms with Gasteiger partial charge in [0.25, 0.3) is 0 Å². The molecule has 46 heavy (non-hydrogen) atoms. The Kier molecular flexibility index (Phi) is 15.0. The van der Waals surface area contributed by atoms with Gasteiger partial charge in [0.15, 0.2) is 0 Å². The van der Waals surface area contributed by atoms with Crippen molar-refractivity contribution in [1.29, 1.82) is 0 Å². The van der Waals surface area contributed by atoms with Crippen LogP contribution in [0.2, 0.25) is 0 Å². The quantitative estimate of drug-likeness (QED) is 0.105. The Labute approximate surface area is 270 Å². The minimum Gasteiger partial charge on any atom is -0.494 e. The smallest absolute Gasteiger partial charge is 0.494 e. The molecule has 0 N–H and O–H groups in total. The molecule has 0 aliphatic heterocycles. The van der Waals surface area contributed by atoms with Crippen molar-refractivity contribution >= 4 is 21.7 Å². The number of ketones is 2. The maximum Gasteiger partial charge on any atom is 0.534 e. The first kappa shape index (κ1) is 38.1. The van der Waals surface area contributed by atoms with Gasteiger partial charge in [0, 0.05) is 24.0 Å². The molecule has 2 atom stereocenters. The molecule has 3 rings (SSSR count). The standard InChI is InChI=1S/C23H26O2.C13H15F3O4S/c1-4-15-25-23-13-11-21(12-14-23)6-5-20-7-9-22(10-8-20)17-18(2)16-19(3)24;1-9(7-10(2)17)8-11-3-5-12(6-4-11)20-21(18,19)13(14,15)16/h7-14,18H,4,15-17H2,1-3H3;3-6,9H,7-8H2,1-2H3. The van der Waals surface area contributed by atoms with Gasteiger partial charge in [0.2, 0.25) is 0 Å². The molecule has 0 heterocycles. The van der Waals surface area contributed by atoms with Crippen molar-refractivity contribution in [3.8, 4) is 23.3 Å². The number of ether oxygens (including phenoxy) is 1. The van der Waals surface area contributed by atoms with Crippen LogP contribution in [-0.2, 0) is 32.5 Å². The number of carbonyl (C=O) groups is 2. The number of carbonyl (C=O) groups excluding carboxylic acids is 2. The second-order valence-electron chi connectivity index (χ2n) is 11.4. The minimum atomic E-state index is -5.65. The summed E-state index contributed by atoms with van der Waals surface area (Å²) in [5.74, 6) is 7.62. The van der Waals surface area contributed by atoms with Gasteiger partial charge in [-0.3, -0.25) is 0 Å². The van der Waals surface area contributed by atoms with E-state index in [0.717, 1.165) is 54.0 Å². The zero-order chi connectivity index (χ0) is 34.3. The van der Waals surface area contributed by atoms with Gasteiger partial charge in [-0.25, -0.2) is 0 Å². The number of benzene rings is 3. The largest absolute Gasteiger partial charge is 0.534 e. The highest BCUT2D eigenvalue weighted by Gasteiger charge is 2.48. The number of alkyl halides is 3. The zero-order valence-electron chi connectivity index (χ0n) is 26.8. The fourth-order valence-corrected chi connectivity index (χ4v) is 4.97. The van der Waals surface area contributed by atoms with E-state index in [0.29, 0.717) is 25.2 Å². The summed E-state index contributed by atoms with van der Waals surface area (Å²) in [6.45, 7) is 9.95. The molecule has 6 nitrogen and oxygen atoms in total. The third kappa shape index (κ3) is 14.3. The highest BCUT2D eigenvalue weighted by Crippen LogP contribution is 2.27. The Morgan fingerprint density at radius 1 is 0.717 bits per heavy atom. The van der Waals surface area contributed by atoms with Crippen LogP contribution in [0.1, 0.15) is 76.1 Å². The van der Waals surface area contributed by atoms with E-state index in [1.807, 2.05) is 43.3 Å². The molecule has 0 aliphatic rings. The first-order valence-electron chi connectivity index (χ1n) is 15.0. The summed E-state index contributed by atoms with van der Waals surface area (Å²) < 4.78 is 67.6. The van der Waals surface area contributed by atoms with E-state index < -0.39 is 21.4 Å². The third-order valence-corrected chi connectivity index (χ3v) is 7.46. The summed E-state index contributed by atoms with van der Waals surface area (Å²) in [6.07, 6.45) is 3.53. The van der Waals surface area contributed by atoms with Gasteiger partial charge in [0.05, 0.1) is 6.61 Å².